The Hall–Kier alpha value is -3.89. The van der Waals surface area contributed by atoms with E-state index in [-0.39, 0.29) is 11.6 Å². The second-order valence-corrected chi connectivity index (χ2v) is 11.6. The number of benzene rings is 2. The molecular weight excluding hydrogens is 506 g/mol. The van der Waals surface area contributed by atoms with Crippen LogP contribution in [0.3, 0.4) is 0 Å². The van der Waals surface area contributed by atoms with Gasteiger partial charge in [0.1, 0.15) is 5.35 Å². The first-order chi connectivity index (χ1) is 17.7. The third kappa shape index (κ3) is 4.54. The van der Waals surface area contributed by atoms with Gasteiger partial charge in [0.05, 0.1) is 29.7 Å². The van der Waals surface area contributed by atoms with Crippen molar-refractivity contribution in [2.75, 3.05) is 10.5 Å². The first-order valence-electron chi connectivity index (χ1n) is 11.7. The molecule has 0 atom stereocenters. The van der Waals surface area contributed by atoms with Gasteiger partial charge in [-0.2, -0.15) is 5.10 Å². The number of nitrogens with one attached hydrogen (secondary N) is 1. The Labute approximate surface area is 218 Å². The summed E-state index contributed by atoms with van der Waals surface area (Å²) < 4.78 is 32.7. The van der Waals surface area contributed by atoms with Crippen LogP contribution in [0.15, 0.2) is 59.2 Å². The van der Waals surface area contributed by atoms with Gasteiger partial charge < -0.3 is 9.67 Å². The molecule has 0 saturated heterocycles. The first-order valence-corrected chi connectivity index (χ1v) is 14.3. The van der Waals surface area contributed by atoms with Crippen molar-refractivity contribution in [2.45, 2.75) is 20.4 Å². The van der Waals surface area contributed by atoms with Gasteiger partial charge in [-0.25, -0.2) is 13.4 Å². The highest BCUT2D eigenvalue weighted by atomic mass is 32.2. The quantitative estimate of drug-likeness (QED) is 0.306. The van der Waals surface area contributed by atoms with E-state index in [2.05, 4.69) is 45.0 Å². The van der Waals surface area contributed by atoms with Crippen LogP contribution in [0.5, 0.6) is 0 Å². The summed E-state index contributed by atoms with van der Waals surface area (Å²) in [5.74, 6) is -0.190. The molecule has 0 aliphatic heterocycles. The zero-order chi connectivity index (χ0) is 26.3. The molecule has 5 aromatic rings. The number of thiophene rings is 1. The highest BCUT2D eigenvalue weighted by Crippen LogP contribution is 2.32. The largest absolute Gasteiger partial charge is 0.492 e. The van der Waals surface area contributed by atoms with E-state index in [1.165, 1.54) is 16.3 Å². The van der Waals surface area contributed by atoms with Crippen molar-refractivity contribution in [3.63, 3.8) is 0 Å². The van der Waals surface area contributed by atoms with Gasteiger partial charge in [0, 0.05) is 40.3 Å². The minimum atomic E-state index is -3.54. The van der Waals surface area contributed by atoms with Crippen molar-refractivity contribution in [1.82, 2.24) is 14.3 Å². The van der Waals surface area contributed by atoms with Gasteiger partial charge in [-0.3, -0.25) is 9.40 Å². The molecule has 0 unspecified atom stereocenters. The monoisotopic (exact) mass is 533 g/mol. The molecule has 0 radical (unpaired) electrons. The Balaban J connectivity index is 1.73. The summed E-state index contributed by atoms with van der Waals surface area (Å²) in [5.41, 5.74) is 3.86. The van der Waals surface area contributed by atoms with Gasteiger partial charge in [0.25, 0.3) is 0 Å². The Kier molecular flexibility index (Phi) is 6.38. The number of aliphatic hydroxyl groups excluding tert-OH is 1. The molecule has 8 nitrogen and oxygen atoms in total. The van der Waals surface area contributed by atoms with E-state index >= 15 is 0 Å². The van der Waals surface area contributed by atoms with Crippen LogP contribution < -0.4 is 15.3 Å². The lowest BCUT2D eigenvalue weighted by Gasteiger charge is -2.11. The number of fused-ring (bicyclic) bond motifs is 2. The zero-order valence-electron chi connectivity index (χ0n) is 20.8. The summed E-state index contributed by atoms with van der Waals surface area (Å²) in [6.45, 7) is 8.04. The van der Waals surface area contributed by atoms with Crippen LogP contribution >= 0.6 is 11.3 Å². The standard InChI is InChI=1S/C27H27N5O3S2/c1-5-28-27(33)25-17(3)22(16-31(25)4)20-12-23(30-37(34,35)6-2)21-14-29-32(24(21)13-20)15-19-9-7-8-18-10-11-36-26(18)19/h5,7-14,16,30,33H,3,6,15H2,1-2,4H3/b27-25-,28-5?. The van der Waals surface area contributed by atoms with Crippen LogP contribution in [-0.2, 0) is 23.6 Å². The van der Waals surface area contributed by atoms with Gasteiger partial charge in [-0.1, -0.05) is 24.8 Å². The topological polar surface area (TPSA) is 102 Å². The maximum Gasteiger partial charge on any atom is 0.235 e. The molecule has 0 bridgehead atoms. The Morgan fingerprint density at radius 2 is 2.11 bits per heavy atom. The smallest absolute Gasteiger partial charge is 0.235 e. The Morgan fingerprint density at radius 3 is 2.86 bits per heavy atom. The molecular formula is C27H27N5O3S2. The van der Waals surface area contributed by atoms with Crippen molar-refractivity contribution < 1.29 is 13.5 Å². The predicted octanol–water partition coefficient (Wildman–Crippen LogP) is 4.19. The van der Waals surface area contributed by atoms with Crippen LogP contribution in [0.1, 0.15) is 19.4 Å². The fourth-order valence-electron chi connectivity index (χ4n) is 4.52. The number of aryl methyl sites for hydroxylation is 1. The van der Waals surface area contributed by atoms with E-state index in [0.29, 0.717) is 28.2 Å². The van der Waals surface area contributed by atoms with Gasteiger partial charge in [0.15, 0.2) is 0 Å². The third-order valence-electron chi connectivity index (χ3n) is 6.35. The molecule has 190 valence electrons. The summed E-state index contributed by atoms with van der Waals surface area (Å²) in [7, 11) is -1.73. The molecule has 5 rings (SSSR count). The van der Waals surface area contributed by atoms with Gasteiger partial charge in [-0.15, -0.1) is 11.3 Å². The second-order valence-electron chi connectivity index (χ2n) is 8.71. The fraction of sp³-hybridized carbons (Fsp3) is 0.185. The van der Waals surface area contributed by atoms with E-state index in [1.54, 1.807) is 49.1 Å². The fourth-order valence-corrected chi connectivity index (χ4v) is 6.08. The van der Waals surface area contributed by atoms with Crippen molar-refractivity contribution in [1.29, 1.82) is 0 Å². The number of anilines is 1. The van der Waals surface area contributed by atoms with Crippen molar-refractivity contribution >= 4 is 66.7 Å². The summed E-state index contributed by atoms with van der Waals surface area (Å²) in [6, 6.07) is 12.1. The van der Waals surface area contributed by atoms with Crippen LogP contribution in [0.2, 0.25) is 0 Å². The molecule has 0 spiro atoms. The van der Waals surface area contributed by atoms with Crippen LogP contribution in [0.25, 0.3) is 44.6 Å². The average Bonchev–Trinajstić information content (AvgIpc) is 3.57. The minimum absolute atomic E-state index is 0.0544. The molecule has 2 aromatic carbocycles. The number of aliphatic hydroxyl groups is 1. The summed E-state index contributed by atoms with van der Waals surface area (Å²) in [4.78, 5) is 4.01. The predicted molar refractivity (Wildman–Crippen MR) is 153 cm³/mol. The SMILES string of the molecule is C=c1c(-c2cc(NS(=O)(=O)CC)c3cnn(Cc4cccc5ccsc45)c3c2)cn(C)/c1=C(\O)N=CC. The molecule has 0 saturated carbocycles. The van der Waals surface area contributed by atoms with Gasteiger partial charge in [0.2, 0.25) is 15.9 Å². The number of aliphatic imine (C=N–C) groups is 1. The summed E-state index contributed by atoms with van der Waals surface area (Å²) >= 11 is 1.69. The van der Waals surface area contributed by atoms with Crippen LogP contribution in [-0.4, -0.2) is 39.8 Å². The number of nitrogens with zero attached hydrogens (tertiary/aromatic N) is 4. The number of hydrogen-bond donors (Lipinski definition) is 2. The maximum absolute atomic E-state index is 12.6. The Morgan fingerprint density at radius 1 is 1.30 bits per heavy atom. The van der Waals surface area contributed by atoms with E-state index in [4.69, 9.17) is 0 Å². The molecule has 3 heterocycles. The molecule has 37 heavy (non-hydrogen) atoms. The highest BCUT2D eigenvalue weighted by Gasteiger charge is 2.17. The summed E-state index contributed by atoms with van der Waals surface area (Å²) in [5, 5.41) is 20.1. The number of rotatable bonds is 7. The van der Waals surface area contributed by atoms with E-state index in [0.717, 1.165) is 22.2 Å². The molecule has 10 heteroatoms. The number of hydrogen-bond acceptors (Lipinski definition) is 6. The lowest BCUT2D eigenvalue weighted by Crippen LogP contribution is -2.29. The van der Waals surface area contributed by atoms with E-state index < -0.39 is 10.0 Å². The minimum Gasteiger partial charge on any atom is -0.492 e. The van der Waals surface area contributed by atoms with Crippen molar-refractivity contribution in [3.8, 4) is 11.1 Å². The lowest BCUT2D eigenvalue weighted by atomic mass is 10.0. The zero-order valence-corrected chi connectivity index (χ0v) is 22.4. The molecule has 0 aliphatic rings. The van der Waals surface area contributed by atoms with Crippen molar-refractivity contribution in [2.24, 2.45) is 12.0 Å². The second kappa shape index (κ2) is 9.53. The van der Waals surface area contributed by atoms with Gasteiger partial charge in [-0.05, 0) is 53.9 Å². The molecule has 3 aromatic heterocycles. The Bertz CT molecular complexity index is 1900. The highest BCUT2D eigenvalue weighted by molar-refractivity contribution is 7.92. The summed E-state index contributed by atoms with van der Waals surface area (Å²) in [6.07, 6.45) is 5.06. The van der Waals surface area contributed by atoms with Gasteiger partial charge >= 0.3 is 0 Å². The lowest BCUT2D eigenvalue weighted by molar-refractivity contribution is 0.488. The average molecular weight is 534 g/mol. The van der Waals surface area contributed by atoms with Crippen molar-refractivity contribution in [3.05, 3.63) is 70.3 Å². The molecule has 2 N–H and O–H groups in total. The van der Waals surface area contributed by atoms with E-state index in [9.17, 15) is 13.5 Å². The third-order valence-corrected chi connectivity index (χ3v) is 8.65. The van der Waals surface area contributed by atoms with Crippen LogP contribution in [0.4, 0.5) is 5.69 Å². The number of aromatic nitrogens is 3. The normalized spacial score (nSPS) is 13.2. The van der Waals surface area contributed by atoms with E-state index in [1.807, 2.05) is 23.0 Å². The molecule has 0 amide bonds. The first kappa shape index (κ1) is 24.8. The molecule has 0 aliphatic carbocycles. The van der Waals surface area contributed by atoms with Crippen LogP contribution in [0, 0.1) is 0 Å². The molecule has 0 fully saturated rings. The maximum atomic E-state index is 12.6. The number of sulfonamides is 1.